The Bertz CT molecular complexity index is 779. The lowest BCUT2D eigenvalue weighted by Crippen LogP contribution is -2.34. The highest BCUT2D eigenvalue weighted by molar-refractivity contribution is 5.89. The predicted molar refractivity (Wildman–Crippen MR) is 97.7 cm³/mol. The summed E-state index contributed by atoms with van der Waals surface area (Å²) in [5.74, 6) is -0.630. The van der Waals surface area contributed by atoms with E-state index in [4.69, 9.17) is 0 Å². The van der Waals surface area contributed by atoms with E-state index in [1.807, 2.05) is 30.3 Å². The maximum Gasteiger partial charge on any atom is 0.228 e. The van der Waals surface area contributed by atoms with E-state index in [2.05, 4.69) is 0 Å². The molecule has 1 heterocycles. The quantitative estimate of drug-likeness (QED) is 0.800. The Kier molecular flexibility index (Phi) is 5.66. The van der Waals surface area contributed by atoms with Crippen LogP contribution in [0.15, 0.2) is 54.6 Å². The van der Waals surface area contributed by atoms with Crippen LogP contribution in [0.25, 0.3) is 0 Å². The molecule has 4 nitrogen and oxygen atoms in total. The van der Waals surface area contributed by atoms with Crippen LogP contribution < -0.4 is 0 Å². The third-order valence-electron chi connectivity index (χ3n) is 4.81. The lowest BCUT2D eigenvalue weighted by molar-refractivity contribution is -0.135. The Labute approximate surface area is 153 Å². The summed E-state index contributed by atoms with van der Waals surface area (Å²) in [5, 5.41) is 0. The molecule has 1 fully saturated rings. The van der Waals surface area contributed by atoms with Gasteiger partial charge in [0.1, 0.15) is 5.82 Å². The first-order valence-electron chi connectivity index (χ1n) is 8.84. The van der Waals surface area contributed by atoms with E-state index in [1.54, 1.807) is 35.0 Å². The van der Waals surface area contributed by atoms with Crippen molar-refractivity contribution < 1.29 is 14.0 Å². The number of amides is 2. The molecular formula is C21H23FN2O2. The molecule has 0 saturated carbocycles. The van der Waals surface area contributed by atoms with Crippen molar-refractivity contribution in [2.45, 2.75) is 19.4 Å². The van der Waals surface area contributed by atoms with Crippen LogP contribution in [0.2, 0.25) is 0 Å². The largest absolute Gasteiger partial charge is 0.342 e. The number of hydrogen-bond acceptors (Lipinski definition) is 2. The standard InChI is InChI=1S/C21H23FN2O2/c1-23(14-16-7-3-2-4-8-16)21(26)18-13-20(25)24(15-18)12-11-17-9-5-6-10-19(17)22/h2-10,18H,11-15H2,1H3. The molecular weight excluding hydrogens is 331 g/mol. The van der Waals surface area contributed by atoms with Crippen LogP contribution in [0.3, 0.4) is 0 Å². The van der Waals surface area contributed by atoms with Crippen molar-refractivity contribution in [1.82, 2.24) is 9.80 Å². The van der Waals surface area contributed by atoms with Gasteiger partial charge >= 0.3 is 0 Å². The molecule has 0 radical (unpaired) electrons. The summed E-state index contributed by atoms with van der Waals surface area (Å²) in [6.07, 6.45) is 0.689. The van der Waals surface area contributed by atoms with Gasteiger partial charge in [-0.05, 0) is 23.6 Å². The fourth-order valence-corrected chi connectivity index (χ4v) is 3.36. The summed E-state index contributed by atoms with van der Waals surface area (Å²) in [5.41, 5.74) is 1.65. The summed E-state index contributed by atoms with van der Waals surface area (Å²) in [7, 11) is 1.77. The van der Waals surface area contributed by atoms with Gasteiger partial charge in [0, 0.05) is 33.1 Å². The summed E-state index contributed by atoms with van der Waals surface area (Å²) in [6, 6.07) is 16.4. The van der Waals surface area contributed by atoms with E-state index in [1.165, 1.54) is 6.07 Å². The maximum absolute atomic E-state index is 13.7. The summed E-state index contributed by atoms with van der Waals surface area (Å²) < 4.78 is 13.7. The SMILES string of the molecule is CN(Cc1ccccc1)C(=O)C1CC(=O)N(CCc2ccccc2F)C1. The average Bonchev–Trinajstić information content (AvgIpc) is 3.02. The van der Waals surface area contributed by atoms with E-state index in [-0.39, 0.29) is 30.0 Å². The van der Waals surface area contributed by atoms with E-state index in [0.717, 1.165) is 5.56 Å². The number of nitrogens with zero attached hydrogens (tertiary/aromatic N) is 2. The zero-order chi connectivity index (χ0) is 18.5. The van der Waals surface area contributed by atoms with E-state index >= 15 is 0 Å². The number of carbonyl (C=O) groups is 2. The molecule has 5 heteroatoms. The molecule has 1 saturated heterocycles. The minimum atomic E-state index is -0.322. The van der Waals surface area contributed by atoms with Gasteiger partial charge in [0.2, 0.25) is 11.8 Å². The molecule has 136 valence electrons. The van der Waals surface area contributed by atoms with Gasteiger partial charge in [-0.2, -0.15) is 0 Å². The molecule has 26 heavy (non-hydrogen) atoms. The van der Waals surface area contributed by atoms with E-state index in [0.29, 0.717) is 31.6 Å². The average molecular weight is 354 g/mol. The Hall–Kier alpha value is -2.69. The van der Waals surface area contributed by atoms with Crippen molar-refractivity contribution in [2.75, 3.05) is 20.1 Å². The Balaban J connectivity index is 1.55. The molecule has 1 aliphatic rings. The van der Waals surface area contributed by atoms with Gasteiger partial charge in [0.25, 0.3) is 0 Å². The van der Waals surface area contributed by atoms with Crippen LogP contribution in [-0.2, 0) is 22.6 Å². The zero-order valence-electron chi connectivity index (χ0n) is 14.9. The molecule has 0 bridgehead atoms. The van der Waals surface area contributed by atoms with Crippen LogP contribution >= 0.6 is 0 Å². The molecule has 1 aliphatic heterocycles. The fraction of sp³-hybridized carbons (Fsp3) is 0.333. The summed E-state index contributed by atoms with van der Waals surface area (Å²) >= 11 is 0. The van der Waals surface area contributed by atoms with Crippen LogP contribution in [0, 0.1) is 11.7 Å². The topological polar surface area (TPSA) is 40.6 Å². The number of halogens is 1. The lowest BCUT2D eigenvalue weighted by Gasteiger charge is -2.21. The second-order valence-electron chi connectivity index (χ2n) is 6.76. The molecule has 2 aromatic carbocycles. The lowest BCUT2D eigenvalue weighted by atomic mass is 10.1. The number of benzene rings is 2. The number of likely N-dealkylation sites (tertiary alicyclic amines) is 1. The van der Waals surface area contributed by atoms with Crippen LogP contribution in [0.4, 0.5) is 4.39 Å². The van der Waals surface area contributed by atoms with E-state index in [9.17, 15) is 14.0 Å². The highest BCUT2D eigenvalue weighted by atomic mass is 19.1. The molecule has 2 amide bonds. The van der Waals surface area contributed by atoms with Gasteiger partial charge in [0.15, 0.2) is 0 Å². The monoisotopic (exact) mass is 354 g/mol. The van der Waals surface area contributed by atoms with Crippen molar-refractivity contribution in [3.8, 4) is 0 Å². The van der Waals surface area contributed by atoms with Crippen molar-refractivity contribution in [1.29, 1.82) is 0 Å². The number of rotatable bonds is 6. The minimum absolute atomic E-state index is 0.0180. The Morgan fingerprint density at radius 1 is 1.15 bits per heavy atom. The first kappa shape index (κ1) is 18.1. The van der Waals surface area contributed by atoms with Crippen LogP contribution in [0.5, 0.6) is 0 Å². The van der Waals surface area contributed by atoms with Crippen molar-refractivity contribution in [3.63, 3.8) is 0 Å². The van der Waals surface area contributed by atoms with E-state index < -0.39 is 0 Å². The molecule has 1 unspecified atom stereocenters. The third kappa shape index (κ3) is 4.28. The number of carbonyl (C=O) groups excluding carboxylic acids is 2. The van der Waals surface area contributed by atoms with Crippen LogP contribution in [-0.4, -0.2) is 41.8 Å². The van der Waals surface area contributed by atoms with Gasteiger partial charge in [0.05, 0.1) is 5.92 Å². The van der Waals surface area contributed by atoms with Gasteiger partial charge in [-0.3, -0.25) is 9.59 Å². The summed E-state index contributed by atoms with van der Waals surface area (Å²) in [4.78, 5) is 28.2. The zero-order valence-corrected chi connectivity index (χ0v) is 14.9. The third-order valence-corrected chi connectivity index (χ3v) is 4.81. The van der Waals surface area contributed by atoms with Crippen LogP contribution in [0.1, 0.15) is 17.5 Å². The maximum atomic E-state index is 13.7. The smallest absolute Gasteiger partial charge is 0.228 e. The molecule has 0 N–H and O–H groups in total. The second kappa shape index (κ2) is 8.13. The van der Waals surface area contributed by atoms with Crippen molar-refractivity contribution in [2.24, 2.45) is 5.92 Å². The first-order chi connectivity index (χ1) is 12.5. The summed E-state index contributed by atoms with van der Waals surface area (Å²) in [6.45, 7) is 1.37. The fourth-order valence-electron chi connectivity index (χ4n) is 3.36. The second-order valence-corrected chi connectivity index (χ2v) is 6.76. The van der Waals surface area contributed by atoms with Gasteiger partial charge < -0.3 is 9.80 Å². The highest BCUT2D eigenvalue weighted by Crippen LogP contribution is 2.21. The van der Waals surface area contributed by atoms with Gasteiger partial charge in [-0.25, -0.2) is 4.39 Å². The normalized spacial score (nSPS) is 16.8. The molecule has 1 atom stereocenters. The minimum Gasteiger partial charge on any atom is -0.342 e. The van der Waals surface area contributed by atoms with Gasteiger partial charge in [-0.1, -0.05) is 48.5 Å². The van der Waals surface area contributed by atoms with Crippen molar-refractivity contribution >= 4 is 11.8 Å². The Morgan fingerprint density at radius 3 is 2.58 bits per heavy atom. The molecule has 0 spiro atoms. The Morgan fingerprint density at radius 2 is 1.85 bits per heavy atom. The molecule has 0 aliphatic carbocycles. The molecule has 2 aromatic rings. The highest BCUT2D eigenvalue weighted by Gasteiger charge is 2.35. The van der Waals surface area contributed by atoms with Gasteiger partial charge in [-0.15, -0.1) is 0 Å². The predicted octanol–water partition coefficient (Wildman–Crippen LogP) is 2.88. The first-order valence-corrected chi connectivity index (χ1v) is 8.84. The van der Waals surface area contributed by atoms with Crippen molar-refractivity contribution in [3.05, 3.63) is 71.5 Å². The molecule has 3 rings (SSSR count). The number of hydrogen-bond donors (Lipinski definition) is 0. The molecule has 0 aromatic heterocycles.